The van der Waals surface area contributed by atoms with Crippen LogP contribution < -0.4 is 0 Å². The number of esters is 1. The topological polar surface area (TPSA) is 77.5 Å². The summed E-state index contributed by atoms with van der Waals surface area (Å²) in [4.78, 5) is 46.0. The minimum Gasteiger partial charge on any atom is -0.469 e. The molecule has 1 aromatic carbocycles. The van der Waals surface area contributed by atoms with Gasteiger partial charge >= 0.3 is 5.97 Å². The molecule has 22 heavy (non-hydrogen) atoms. The normalized spacial score (nSPS) is 17.9. The van der Waals surface area contributed by atoms with Crippen molar-refractivity contribution >= 4 is 23.3 Å². The molecule has 1 atom stereocenters. The summed E-state index contributed by atoms with van der Waals surface area (Å²) in [6.07, 6.45) is 1.61. The molecule has 0 N–H and O–H groups in total. The van der Waals surface area contributed by atoms with Crippen LogP contribution in [0, 0.1) is 5.92 Å². The molecule has 0 bridgehead atoms. The van der Waals surface area contributed by atoms with Crippen LogP contribution in [0.2, 0.25) is 0 Å². The third-order valence-corrected chi connectivity index (χ3v) is 3.91. The van der Waals surface area contributed by atoms with Gasteiger partial charge in [-0.15, -0.1) is 0 Å². The molecule has 0 aromatic heterocycles. The van der Waals surface area contributed by atoms with Gasteiger partial charge < -0.3 is 4.74 Å². The van der Waals surface area contributed by atoms with Crippen LogP contribution >= 0.6 is 0 Å². The minimum atomic E-state index is -0.839. The van der Waals surface area contributed by atoms with Gasteiger partial charge in [0.2, 0.25) is 11.6 Å². The molecule has 5 heteroatoms. The van der Waals surface area contributed by atoms with Crippen molar-refractivity contribution in [3.8, 4) is 0 Å². The fraction of sp³-hybridized carbons (Fsp3) is 0.412. The quantitative estimate of drug-likeness (QED) is 0.451. The maximum absolute atomic E-state index is 11.8. The number of methoxy groups -OCH3 is 1. The average Bonchev–Trinajstić information content (AvgIpc) is 2.75. The van der Waals surface area contributed by atoms with E-state index in [0.29, 0.717) is 19.3 Å². The highest BCUT2D eigenvalue weighted by molar-refractivity contribution is 6.49. The Morgan fingerprint density at radius 2 is 1.86 bits per heavy atom. The standard InChI is InChI=1S/C17H18O5/c1-22-16(20)8-4-7-11-5-2-3-6-12(11)9-13-14(18)10-15(19)17(13)21/h2-3,5-6,13H,4,7-10H2,1H3. The Hall–Kier alpha value is -2.30. The smallest absolute Gasteiger partial charge is 0.305 e. The van der Waals surface area contributed by atoms with Crippen LogP contribution in [0.25, 0.3) is 0 Å². The zero-order chi connectivity index (χ0) is 16.1. The summed E-state index contributed by atoms with van der Waals surface area (Å²) in [5, 5.41) is 0. The first-order chi connectivity index (χ1) is 10.5. The second-order valence-electron chi connectivity index (χ2n) is 5.39. The van der Waals surface area contributed by atoms with E-state index in [1.54, 1.807) is 0 Å². The van der Waals surface area contributed by atoms with E-state index in [2.05, 4.69) is 4.74 Å². The van der Waals surface area contributed by atoms with E-state index in [1.807, 2.05) is 24.3 Å². The predicted octanol–water partition coefficient (Wildman–Crippen LogP) is 1.45. The molecule has 1 fully saturated rings. The Labute approximate surface area is 128 Å². The molecule has 0 spiro atoms. The van der Waals surface area contributed by atoms with Crippen LogP contribution in [-0.4, -0.2) is 30.4 Å². The Bertz CT molecular complexity index is 617. The maximum Gasteiger partial charge on any atom is 0.305 e. The van der Waals surface area contributed by atoms with Crippen molar-refractivity contribution in [2.24, 2.45) is 5.92 Å². The van der Waals surface area contributed by atoms with E-state index in [4.69, 9.17) is 0 Å². The first kappa shape index (κ1) is 16.1. The number of carbonyl (C=O) groups excluding carboxylic acids is 4. The second-order valence-corrected chi connectivity index (χ2v) is 5.39. The number of hydrogen-bond acceptors (Lipinski definition) is 5. The highest BCUT2D eigenvalue weighted by Crippen LogP contribution is 2.23. The fourth-order valence-electron chi connectivity index (χ4n) is 2.66. The van der Waals surface area contributed by atoms with Gasteiger partial charge in [0.15, 0.2) is 5.78 Å². The van der Waals surface area contributed by atoms with Gasteiger partial charge in [-0.2, -0.15) is 0 Å². The van der Waals surface area contributed by atoms with Crippen LogP contribution in [0.1, 0.15) is 30.4 Å². The van der Waals surface area contributed by atoms with Gasteiger partial charge in [-0.25, -0.2) is 0 Å². The van der Waals surface area contributed by atoms with Gasteiger partial charge in [0.25, 0.3) is 0 Å². The Morgan fingerprint density at radius 3 is 2.45 bits per heavy atom. The van der Waals surface area contributed by atoms with E-state index in [-0.39, 0.29) is 24.6 Å². The molecule has 0 saturated heterocycles. The van der Waals surface area contributed by atoms with Crippen LogP contribution in [-0.2, 0) is 36.8 Å². The Morgan fingerprint density at radius 1 is 1.18 bits per heavy atom. The van der Waals surface area contributed by atoms with Crippen molar-refractivity contribution in [3.63, 3.8) is 0 Å². The molecule has 1 unspecified atom stereocenters. The van der Waals surface area contributed by atoms with E-state index in [9.17, 15) is 19.2 Å². The molecule has 116 valence electrons. The largest absolute Gasteiger partial charge is 0.469 e. The second kappa shape index (κ2) is 7.11. The average molecular weight is 302 g/mol. The van der Waals surface area contributed by atoms with Gasteiger partial charge in [0.05, 0.1) is 19.4 Å². The molecule has 2 rings (SSSR count). The summed E-state index contributed by atoms with van der Waals surface area (Å²) in [5.41, 5.74) is 1.88. The van der Waals surface area contributed by atoms with E-state index in [1.165, 1.54) is 7.11 Å². The molecule has 5 nitrogen and oxygen atoms in total. The van der Waals surface area contributed by atoms with Gasteiger partial charge in [0.1, 0.15) is 0 Å². The third-order valence-electron chi connectivity index (χ3n) is 3.91. The van der Waals surface area contributed by atoms with Crippen LogP contribution in [0.3, 0.4) is 0 Å². The third kappa shape index (κ3) is 3.67. The fourth-order valence-corrected chi connectivity index (χ4v) is 2.66. The number of Topliss-reactive ketones (excluding diaryl/α,β-unsaturated/α-hetero) is 3. The number of aryl methyl sites for hydroxylation is 1. The first-order valence-corrected chi connectivity index (χ1v) is 7.26. The highest BCUT2D eigenvalue weighted by Gasteiger charge is 2.39. The van der Waals surface area contributed by atoms with Crippen LogP contribution in [0.4, 0.5) is 0 Å². The Balaban J connectivity index is 2.05. The van der Waals surface area contributed by atoms with Crippen molar-refractivity contribution in [1.29, 1.82) is 0 Å². The number of rotatable bonds is 6. The molecule has 0 aliphatic heterocycles. The van der Waals surface area contributed by atoms with Crippen molar-refractivity contribution in [2.75, 3.05) is 7.11 Å². The van der Waals surface area contributed by atoms with E-state index in [0.717, 1.165) is 11.1 Å². The lowest BCUT2D eigenvalue weighted by molar-refractivity contribution is -0.140. The summed E-state index contributed by atoms with van der Waals surface area (Å²) in [6, 6.07) is 7.49. The van der Waals surface area contributed by atoms with Gasteiger partial charge in [-0.1, -0.05) is 24.3 Å². The van der Waals surface area contributed by atoms with Gasteiger partial charge in [0, 0.05) is 6.42 Å². The van der Waals surface area contributed by atoms with E-state index < -0.39 is 17.5 Å². The highest BCUT2D eigenvalue weighted by atomic mass is 16.5. The lowest BCUT2D eigenvalue weighted by Gasteiger charge is -2.11. The summed E-state index contributed by atoms with van der Waals surface area (Å²) in [6.45, 7) is 0. The molecule has 1 saturated carbocycles. The number of ketones is 3. The zero-order valence-corrected chi connectivity index (χ0v) is 12.5. The van der Waals surface area contributed by atoms with Gasteiger partial charge in [-0.3, -0.25) is 19.2 Å². The molecule has 0 heterocycles. The molecule has 0 amide bonds. The lowest BCUT2D eigenvalue weighted by Crippen LogP contribution is -2.20. The van der Waals surface area contributed by atoms with Crippen LogP contribution in [0.5, 0.6) is 0 Å². The summed E-state index contributed by atoms with van der Waals surface area (Å²) >= 11 is 0. The Kier molecular flexibility index (Phi) is 5.20. The number of hydrogen-bond donors (Lipinski definition) is 0. The molecular weight excluding hydrogens is 284 g/mol. The summed E-state index contributed by atoms with van der Waals surface area (Å²) in [5.74, 6) is -2.55. The molecule has 1 aliphatic carbocycles. The van der Waals surface area contributed by atoms with E-state index >= 15 is 0 Å². The summed E-state index contributed by atoms with van der Waals surface area (Å²) < 4.78 is 4.60. The molecular formula is C17H18O5. The van der Waals surface area contributed by atoms with Crippen molar-refractivity contribution < 1.29 is 23.9 Å². The van der Waals surface area contributed by atoms with Crippen LogP contribution in [0.15, 0.2) is 24.3 Å². The number of ether oxygens (including phenoxy) is 1. The summed E-state index contributed by atoms with van der Waals surface area (Å²) in [7, 11) is 1.35. The van der Waals surface area contributed by atoms with Crippen molar-refractivity contribution in [3.05, 3.63) is 35.4 Å². The molecule has 0 radical (unpaired) electrons. The minimum absolute atomic E-state index is 0.260. The SMILES string of the molecule is COC(=O)CCCc1ccccc1CC1C(=O)CC(=O)C1=O. The first-order valence-electron chi connectivity index (χ1n) is 7.26. The monoisotopic (exact) mass is 302 g/mol. The molecule has 1 aliphatic rings. The molecule has 1 aromatic rings. The zero-order valence-electron chi connectivity index (χ0n) is 12.5. The predicted molar refractivity (Wildman–Crippen MR) is 78.2 cm³/mol. The van der Waals surface area contributed by atoms with Crippen molar-refractivity contribution in [1.82, 2.24) is 0 Å². The lowest BCUT2D eigenvalue weighted by atomic mass is 9.91. The maximum atomic E-state index is 11.8. The van der Waals surface area contributed by atoms with Gasteiger partial charge in [-0.05, 0) is 30.4 Å². The number of carbonyl (C=O) groups is 4. The number of benzene rings is 1. The van der Waals surface area contributed by atoms with Crippen molar-refractivity contribution in [2.45, 2.75) is 32.1 Å².